The van der Waals surface area contributed by atoms with Crippen LogP contribution in [0.25, 0.3) is 5.65 Å². The van der Waals surface area contributed by atoms with Gasteiger partial charge >= 0.3 is 0 Å². The lowest BCUT2D eigenvalue weighted by Crippen LogP contribution is -2.12. The number of carbonyl (C=O) groups excluding carboxylic acids is 1. The Morgan fingerprint density at radius 2 is 2.29 bits per heavy atom. The Hall–Kier alpha value is -1.71. The van der Waals surface area contributed by atoms with Crippen molar-refractivity contribution in [3.63, 3.8) is 0 Å². The predicted octanol–water partition coefficient (Wildman–Crippen LogP) is 2.13. The topological polar surface area (TPSA) is 47.3 Å². The van der Waals surface area contributed by atoms with Gasteiger partial charge in [-0.05, 0) is 25.8 Å². The van der Waals surface area contributed by atoms with Crippen LogP contribution in [0.3, 0.4) is 0 Å². The molecule has 3 rings (SSSR count). The summed E-state index contributed by atoms with van der Waals surface area (Å²) in [6.45, 7) is 1.60. The molecule has 0 N–H and O–H groups in total. The van der Waals surface area contributed by atoms with E-state index in [0.29, 0.717) is 12.3 Å². The zero-order valence-corrected chi connectivity index (χ0v) is 9.89. The minimum absolute atomic E-state index is 0.159. The number of hydrogen-bond acceptors (Lipinski definition) is 3. The summed E-state index contributed by atoms with van der Waals surface area (Å²) in [5, 5.41) is 8.52. The number of pyridine rings is 1. The Morgan fingerprint density at radius 1 is 1.47 bits per heavy atom. The van der Waals surface area contributed by atoms with E-state index >= 15 is 0 Å². The molecule has 2 aromatic heterocycles. The Morgan fingerprint density at radius 3 is 2.94 bits per heavy atom. The molecule has 0 unspecified atom stereocenters. The van der Waals surface area contributed by atoms with E-state index in [1.165, 1.54) is 19.3 Å². The fourth-order valence-electron chi connectivity index (χ4n) is 2.34. The smallest absolute Gasteiger partial charge is 0.164 e. The molecular weight excluding hydrogens is 214 g/mol. The van der Waals surface area contributed by atoms with Crippen molar-refractivity contribution >= 4 is 11.4 Å². The summed E-state index contributed by atoms with van der Waals surface area (Å²) in [7, 11) is 0. The lowest BCUT2D eigenvalue weighted by molar-refractivity contribution is -0.116. The zero-order chi connectivity index (χ0) is 11.8. The maximum absolute atomic E-state index is 11.2. The van der Waals surface area contributed by atoms with E-state index in [1.54, 1.807) is 6.92 Å². The molecule has 88 valence electrons. The molecule has 4 heteroatoms. The largest absolute Gasteiger partial charge is 0.300 e. The van der Waals surface area contributed by atoms with E-state index < -0.39 is 0 Å². The van der Waals surface area contributed by atoms with Crippen LogP contribution in [-0.2, 0) is 11.2 Å². The van der Waals surface area contributed by atoms with Gasteiger partial charge in [-0.2, -0.15) is 0 Å². The molecular formula is C13H15N3O. The zero-order valence-electron chi connectivity index (χ0n) is 9.89. The van der Waals surface area contributed by atoms with Crippen LogP contribution >= 0.6 is 0 Å². The van der Waals surface area contributed by atoms with Crippen molar-refractivity contribution in [2.24, 2.45) is 0 Å². The Bertz CT molecular complexity index is 569. The van der Waals surface area contributed by atoms with Gasteiger partial charge in [0.25, 0.3) is 0 Å². The van der Waals surface area contributed by atoms with Crippen molar-refractivity contribution in [2.45, 2.75) is 38.5 Å². The first-order chi connectivity index (χ1) is 8.25. The molecule has 17 heavy (non-hydrogen) atoms. The van der Waals surface area contributed by atoms with Gasteiger partial charge in [-0.1, -0.05) is 12.5 Å². The first kappa shape index (κ1) is 10.4. The first-order valence-corrected chi connectivity index (χ1v) is 6.07. The molecule has 0 spiro atoms. The summed E-state index contributed by atoms with van der Waals surface area (Å²) < 4.78 is 2.04. The van der Waals surface area contributed by atoms with Gasteiger partial charge in [-0.25, -0.2) is 0 Å². The van der Waals surface area contributed by atoms with Crippen molar-refractivity contribution in [3.05, 3.63) is 29.7 Å². The van der Waals surface area contributed by atoms with E-state index in [4.69, 9.17) is 0 Å². The second-order valence-corrected chi connectivity index (χ2v) is 4.79. The van der Waals surface area contributed by atoms with Gasteiger partial charge in [0.05, 0.1) is 0 Å². The van der Waals surface area contributed by atoms with Gasteiger partial charge in [0, 0.05) is 24.1 Å². The maximum atomic E-state index is 11.2. The van der Waals surface area contributed by atoms with Crippen molar-refractivity contribution in [1.82, 2.24) is 14.6 Å². The third kappa shape index (κ3) is 1.73. The van der Waals surface area contributed by atoms with Gasteiger partial charge in [0.1, 0.15) is 11.6 Å². The van der Waals surface area contributed by atoms with E-state index in [2.05, 4.69) is 10.2 Å². The lowest BCUT2D eigenvalue weighted by Gasteiger charge is -2.23. The summed E-state index contributed by atoms with van der Waals surface area (Å²) >= 11 is 0. The summed E-state index contributed by atoms with van der Waals surface area (Å²) in [4.78, 5) is 11.2. The summed E-state index contributed by atoms with van der Waals surface area (Å²) in [6, 6.07) is 3.92. The highest BCUT2D eigenvalue weighted by molar-refractivity contribution is 5.80. The molecule has 0 radical (unpaired) electrons. The van der Waals surface area contributed by atoms with Gasteiger partial charge in [-0.3, -0.25) is 9.20 Å². The molecule has 1 fully saturated rings. The molecule has 1 aliphatic rings. The minimum atomic E-state index is 0.159. The number of rotatable bonds is 3. The molecule has 2 aromatic rings. The van der Waals surface area contributed by atoms with Gasteiger partial charge in [-0.15, -0.1) is 10.2 Å². The molecule has 1 aliphatic carbocycles. The van der Waals surface area contributed by atoms with Crippen LogP contribution in [0.5, 0.6) is 0 Å². The molecule has 0 aliphatic heterocycles. The van der Waals surface area contributed by atoms with Crippen LogP contribution in [0.2, 0.25) is 0 Å². The molecule has 0 aromatic carbocycles. The Balaban J connectivity index is 2.07. The van der Waals surface area contributed by atoms with Crippen molar-refractivity contribution in [3.8, 4) is 0 Å². The molecule has 4 nitrogen and oxygen atoms in total. The van der Waals surface area contributed by atoms with Gasteiger partial charge in [0.2, 0.25) is 0 Å². The van der Waals surface area contributed by atoms with Crippen LogP contribution in [0.1, 0.15) is 43.5 Å². The van der Waals surface area contributed by atoms with E-state index in [9.17, 15) is 4.79 Å². The summed E-state index contributed by atoms with van der Waals surface area (Å²) in [5.74, 6) is 1.76. The number of Topliss-reactive ketones (excluding diaryl/α,β-unsaturated/α-hetero) is 1. The van der Waals surface area contributed by atoms with E-state index in [0.717, 1.165) is 17.0 Å². The number of hydrogen-bond donors (Lipinski definition) is 0. The molecule has 1 saturated carbocycles. The van der Waals surface area contributed by atoms with Crippen LogP contribution in [0.4, 0.5) is 0 Å². The summed E-state index contributed by atoms with van der Waals surface area (Å²) in [6.07, 6.45) is 6.13. The highest BCUT2D eigenvalue weighted by atomic mass is 16.1. The standard InChI is InChI=1S/C13H15N3O/c1-9(17)8-11-6-3-7-16-12(10-4-2-5-10)14-15-13(11)16/h3,6-7,10H,2,4-5,8H2,1H3. The number of carbonyl (C=O) groups is 1. The molecule has 2 heterocycles. The number of nitrogens with zero attached hydrogens (tertiary/aromatic N) is 3. The third-order valence-corrected chi connectivity index (χ3v) is 3.45. The highest BCUT2D eigenvalue weighted by Gasteiger charge is 2.24. The van der Waals surface area contributed by atoms with Gasteiger partial charge in [0.15, 0.2) is 5.65 Å². The SMILES string of the molecule is CC(=O)Cc1cccn2c(C3CCC3)nnc12. The Labute approximate surface area is 99.7 Å². The van der Waals surface area contributed by atoms with Crippen LogP contribution < -0.4 is 0 Å². The van der Waals surface area contributed by atoms with Crippen molar-refractivity contribution in [1.29, 1.82) is 0 Å². The monoisotopic (exact) mass is 229 g/mol. The minimum Gasteiger partial charge on any atom is -0.300 e. The second-order valence-electron chi connectivity index (χ2n) is 4.79. The van der Waals surface area contributed by atoms with Crippen LogP contribution in [0, 0.1) is 0 Å². The van der Waals surface area contributed by atoms with Crippen LogP contribution in [-0.4, -0.2) is 20.4 Å². The summed E-state index contributed by atoms with van der Waals surface area (Å²) in [5.41, 5.74) is 1.81. The molecule has 0 amide bonds. The Kier molecular flexibility index (Phi) is 2.42. The molecule has 0 saturated heterocycles. The third-order valence-electron chi connectivity index (χ3n) is 3.45. The second kappa shape index (κ2) is 3.95. The fourth-order valence-corrected chi connectivity index (χ4v) is 2.34. The first-order valence-electron chi connectivity index (χ1n) is 6.07. The average Bonchev–Trinajstić information content (AvgIpc) is 2.60. The van der Waals surface area contributed by atoms with Crippen LogP contribution in [0.15, 0.2) is 18.3 Å². The quantitative estimate of drug-likeness (QED) is 0.810. The number of fused-ring (bicyclic) bond motifs is 1. The van der Waals surface area contributed by atoms with Gasteiger partial charge < -0.3 is 0 Å². The predicted molar refractivity (Wildman–Crippen MR) is 64.0 cm³/mol. The number of ketones is 1. The number of aromatic nitrogens is 3. The van der Waals surface area contributed by atoms with Crippen molar-refractivity contribution < 1.29 is 4.79 Å². The fraction of sp³-hybridized carbons (Fsp3) is 0.462. The molecule has 0 atom stereocenters. The lowest BCUT2D eigenvalue weighted by atomic mass is 9.85. The van der Waals surface area contributed by atoms with E-state index in [1.807, 2.05) is 22.7 Å². The highest BCUT2D eigenvalue weighted by Crippen LogP contribution is 2.35. The van der Waals surface area contributed by atoms with Crippen molar-refractivity contribution in [2.75, 3.05) is 0 Å². The normalized spacial score (nSPS) is 16.1. The molecule has 0 bridgehead atoms. The van der Waals surface area contributed by atoms with E-state index in [-0.39, 0.29) is 5.78 Å². The maximum Gasteiger partial charge on any atom is 0.164 e. The average molecular weight is 229 g/mol.